The normalized spacial score (nSPS) is 23.8. The van der Waals surface area contributed by atoms with Crippen LogP contribution >= 0.6 is 23.2 Å². The highest BCUT2D eigenvalue weighted by Crippen LogP contribution is 2.30. The van der Waals surface area contributed by atoms with Crippen LogP contribution in [0.5, 0.6) is 0 Å². The number of hydrogen-bond donors (Lipinski definition) is 1. The third kappa shape index (κ3) is 3.48. The fraction of sp³-hybridized carbons (Fsp3) is 0.571. The van der Waals surface area contributed by atoms with Gasteiger partial charge in [0.1, 0.15) is 4.90 Å². The van der Waals surface area contributed by atoms with Gasteiger partial charge in [-0.15, -0.1) is 0 Å². The maximum Gasteiger partial charge on any atom is 0.242 e. The van der Waals surface area contributed by atoms with Crippen LogP contribution < -0.4 is 4.72 Å². The molecule has 1 N–H and O–H groups in total. The smallest absolute Gasteiger partial charge is 0.208 e. The summed E-state index contributed by atoms with van der Waals surface area (Å²) in [5.74, 6) is 0.352. The molecular weight excluding hydrogens is 317 g/mol. The fourth-order valence-corrected chi connectivity index (χ4v) is 4.80. The van der Waals surface area contributed by atoms with E-state index in [4.69, 9.17) is 23.2 Å². The fourth-order valence-electron chi connectivity index (χ4n) is 2.59. The van der Waals surface area contributed by atoms with Gasteiger partial charge in [0.2, 0.25) is 10.0 Å². The van der Waals surface area contributed by atoms with Crippen molar-refractivity contribution in [2.75, 3.05) is 0 Å². The van der Waals surface area contributed by atoms with Crippen LogP contribution in [0, 0.1) is 12.8 Å². The van der Waals surface area contributed by atoms with Crippen LogP contribution in [0.4, 0.5) is 0 Å². The molecule has 3 nitrogen and oxygen atoms in total. The zero-order valence-electron chi connectivity index (χ0n) is 11.6. The van der Waals surface area contributed by atoms with E-state index in [1.54, 1.807) is 6.92 Å². The topological polar surface area (TPSA) is 46.2 Å². The molecule has 0 unspecified atom stereocenters. The van der Waals surface area contributed by atoms with Gasteiger partial charge in [-0.3, -0.25) is 0 Å². The number of halogens is 2. The maximum atomic E-state index is 12.5. The molecule has 6 heteroatoms. The van der Waals surface area contributed by atoms with Crippen LogP contribution in [0.3, 0.4) is 0 Å². The van der Waals surface area contributed by atoms with Crippen molar-refractivity contribution in [3.8, 4) is 0 Å². The molecular formula is C14H19Cl2NO2S. The van der Waals surface area contributed by atoms with Gasteiger partial charge in [-0.05, 0) is 43.4 Å². The van der Waals surface area contributed by atoms with Crippen molar-refractivity contribution in [1.82, 2.24) is 4.72 Å². The van der Waals surface area contributed by atoms with E-state index < -0.39 is 10.0 Å². The number of hydrogen-bond acceptors (Lipinski definition) is 2. The Hall–Kier alpha value is -0.290. The van der Waals surface area contributed by atoms with E-state index in [1.807, 2.05) is 0 Å². The van der Waals surface area contributed by atoms with E-state index in [1.165, 1.54) is 18.6 Å². The lowest BCUT2D eigenvalue weighted by atomic mass is 9.87. The number of nitrogens with one attached hydrogen (secondary N) is 1. The van der Waals surface area contributed by atoms with Crippen molar-refractivity contribution in [3.63, 3.8) is 0 Å². The van der Waals surface area contributed by atoms with Crippen molar-refractivity contribution >= 4 is 33.2 Å². The highest BCUT2D eigenvalue weighted by Gasteiger charge is 2.28. The van der Waals surface area contributed by atoms with Gasteiger partial charge in [0.15, 0.2) is 0 Å². The summed E-state index contributed by atoms with van der Waals surface area (Å²) < 4.78 is 27.8. The van der Waals surface area contributed by atoms with Crippen molar-refractivity contribution in [3.05, 3.63) is 27.7 Å². The molecule has 0 aliphatic heterocycles. The molecule has 1 aliphatic rings. The minimum absolute atomic E-state index is 0.0131. The van der Waals surface area contributed by atoms with Gasteiger partial charge in [0.05, 0.1) is 5.02 Å². The summed E-state index contributed by atoms with van der Waals surface area (Å²) in [6.45, 7) is 3.85. The lowest BCUT2D eigenvalue weighted by Crippen LogP contribution is -2.41. The SMILES string of the molecule is Cc1cc(S(=O)(=O)N[C@H]2CCCC[C@@H]2C)c(Cl)cc1Cl. The van der Waals surface area contributed by atoms with E-state index in [0.29, 0.717) is 16.5 Å². The quantitative estimate of drug-likeness (QED) is 0.901. The first-order valence-electron chi connectivity index (χ1n) is 6.79. The first-order chi connectivity index (χ1) is 9.31. The zero-order chi connectivity index (χ0) is 14.9. The van der Waals surface area contributed by atoms with E-state index in [0.717, 1.165) is 19.3 Å². The summed E-state index contributed by atoms with van der Waals surface area (Å²) in [5.41, 5.74) is 0.702. The predicted molar refractivity (Wildman–Crippen MR) is 82.9 cm³/mol. The van der Waals surface area contributed by atoms with Crippen LogP contribution in [0.1, 0.15) is 38.2 Å². The number of benzene rings is 1. The lowest BCUT2D eigenvalue weighted by Gasteiger charge is -2.29. The van der Waals surface area contributed by atoms with Crippen LogP contribution in [0.15, 0.2) is 17.0 Å². The standard InChI is InChI=1S/C14H19Cl2NO2S/c1-9-5-3-4-6-13(9)17-20(18,19)14-7-10(2)11(15)8-12(14)16/h7-9,13,17H,3-6H2,1-2H3/t9-,13-/m0/s1. The summed E-state index contributed by atoms with van der Waals surface area (Å²) in [5, 5.41) is 0.636. The Morgan fingerprint density at radius 1 is 1.15 bits per heavy atom. The first-order valence-corrected chi connectivity index (χ1v) is 9.03. The molecule has 0 saturated heterocycles. The van der Waals surface area contributed by atoms with E-state index in [2.05, 4.69) is 11.6 Å². The molecule has 0 heterocycles. The van der Waals surface area contributed by atoms with E-state index in [-0.39, 0.29) is 16.0 Å². The molecule has 1 aromatic rings. The van der Waals surface area contributed by atoms with Gasteiger partial charge >= 0.3 is 0 Å². The largest absolute Gasteiger partial charge is 0.242 e. The van der Waals surface area contributed by atoms with Crippen molar-refractivity contribution in [1.29, 1.82) is 0 Å². The van der Waals surface area contributed by atoms with Crippen LogP contribution in [0.25, 0.3) is 0 Å². The average Bonchev–Trinajstić information content (AvgIpc) is 2.36. The molecule has 2 rings (SSSR count). The third-order valence-corrected chi connectivity index (χ3v) is 6.28. The van der Waals surface area contributed by atoms with Gasteiger partial charge < -0.3 is 0 Å². The Morgan fingerprint density at radius 3 is 2.45 bits per heavy atom. The number of sulfonamides is 1. The molecule has 0 spiro atoms. The lowest BCUT2D eigenvalue weighted by molar-refractivity contribution is 0.310. The molecule has 1 aromatic carbocycles. The molecule has 0 amide bonds. The van der Waals surface area contributed by atoms with Gasteiger partial charge in [-0.25, -0.2) is 13.1 Å². The molecule has 1 aliphatic carbocycles. The van der Waals surface area contributed by atoms with Crippen molar-refractivity contribution in [2.24, 2.45) is 5.92 Å². The Labute approximate surface area is 130 Å². The molecule has 1 fully saturated rings. The van der Waals surface area contributed by atoms with Gasteiger partial charge in [-0.1, -0.05) is 43.0 Å². The summed E-state index contributed by atoms with van der Waals surface area (Å²) in [7, 11) is -3.60. The minimum atomic E-state index is -3.60. The molecule has 112 valence electrons. The molecule has 1 saturated carbocycles. The molecule has 0 aromatic heterocycles. The monoisotopic (exact) mass is 335 g/mol. The van der Waals surface area contributed by atoms with E-state index in [9.17, 15) is 8.42 Å². The van der Waals surface area contributed by atoms with Gasteiger partial charge in [-0.2, -0.15) is 0 Å². The minimum Gasteiger partial charge on any atom is -0.208 e. The van der Waals surface area contributed by atoms with Gasteiger partial charge in [0, 0.05) is 11.1 Å². The number of rotatable bonds is 3. The first kappa shape index (κ1) is 16.1. The molecule has 2 atom stereocenters. The Morgan fingerprint density at radius 2 is 1.80 bits per heavy atom. The third-order valence-electron chi connectivity index (χ3n) is 3.92. The van der Waals surface area contributed by atoms with Crippen LogP contribution in [-0.2, 0) is 10.0 Å². The highest BCUT2D eigenvalue weighted by atomic mass is 35.5. The zero-order valence-corrected chi connectivity index (χ0v) is 13.9. The second kappa shape index (κ2) is 6.22. The maximum absolute atomic E-state index is 12.5. The highest BCUT2D eigenvalue weighted by molar-refractivity contribution is 7.89. The van der Waals surface area contributed by atoms with Crippen LogP contribution in [0.2, 0.25) is 10.0 Å². The van der Waals surface area contributed by atoms with Gasteiger partial charge in [0.25, 0.3) is 0 Å². The number of aryl methyl sites for hydroxylation is 1. The average molecular weight is 336 g/mol. The summed E-state index contributed by atoms with van der Waals surface area (Å²) >= 11 is 12.0. The molecule has 0 radical (unpaired) electrons. The second-order valence-corrected chi connectivity index (χ2v) is 8.02. The molecule has 0 bridgehead atoms. The Kier molecular flexibility index (Phi) is 5.00. The summed E-state index contributed by atoms with van der Waals surface area (Å²) in [6, 6.07) is 3.00. The molecule has 20 heavy (non-hydrogen) atoms. The predicted octanol–water partition coefficient (Wildman–Crippen LogP) is 4.16. The van der Waals surface area contributed by atoms with Crippen LogP contribution in [-0.4, -0.2) is 14.5 Å². The second-order valence-electron chi connectivity index (χ2n) is 5.52. The van der Waals surface area contributed by atoms with Crippen molar-refractivity contribution < 1.29 is 8.42 Å². The Balaban J connectivity index is 2.28. The Bertz CT molecular complexity index is 601. The summed E-state index contributed by atoms with van der Waals surface area (Å²) in [6.07, 6.45) is 4.16. The summed E-state index contributed by atoms with van der Waals surface area (Å²) in [4.78, 5) is 0.110. The van der Waals surface area contributed by atoms with E-state index >= 15 is 0 Å². The van der Waals surface area contributed by atoms with Crippen molar-refractivity contribution in [2.45, 2.75) is 50.5 Å².